The van der Waals surface area contributed by atoms with Crippen LogP contribution < -0.4 is 0 Å². The summed E-state index contributed by atoms with van der Waals surface area (Å²) < 4.78 is 4.14. The van der Waals surface area contributed by atoms with Crippen molar-refractivity contribution in [3.63, 3.8) is 0 Å². The number of carboxylic acids is 2. The minimum absolute atomic E-state index is 0. The Bertz CT molecular complexity index is 251. The molecule has 0 amide bonds. The zero-order chi connectivity index (χ0) is 12.4. The second-order valence-electron chi connectivity index (χ2n) is 2.18. The minimum atomic E-state index is -1.79. The SMILES string of the molecule is C=CC(=O)OC.O=C(O)CC(O)C(=O)O.[CaH2]. The van der Waals surface area contributed by atoms with Gasteiger partial charge in [0.05, 0.1) is 13.5 Å². The number of aliphatic carboxylic acids is 2. The van der Waals surface area contributed by atoms with Crippen LogP contribution in [-0.4, -0.2) is 84.2 Å². The van der Waals surface area contributed by atoms with E-state index >= 15 is 0 Å². The van der Waals surface area contributed by atoms with Crippen LogP contribution in [-0.2, 0) is 19.1 Å². The van der Waals surface area contributed by atoms with E-state index in [2.05, 4.69) is 11.3 Å². The van der Waals surface area contributed by atoms with Crippen LogP contribution in [0.15, 0.2) is 12.7 Å². The summed E-state index contributed by atoms with van der Waals surface area (Å²) in [6.45, 7) is 3.16. The quantitative estimate of drug-likeness (QED) is 0.315. The third kappa shape index (κ3) is 15.8. The maximum absolute atomic E-state index is 9.84. The number of carboxylic acid groups (broad SMARTS) is 2. The van der Waals surface area contributed by atoms with Crippen molar-refractivity contribution < 1.29 is 34.4 Å². The first-order valence-corrected chi connectivity index (χ1v) is 3.68. The Balaban J connectivity index is -0.000000214. The zero-order valence-corrected chi connectivity index (χ0v) is 8.04. The van der Waals surface area contributed by atoms with Crippen LogP contribution in [0.25, 0.3) is 0 Å². The van der Waals surface area contributed by atoms with E-state index in [1.54, 1.807) is 0 Å². The molecule has 0 saturated heterocycles. The molecule has 0 aromatic carbocycles. The monoisotopic (exact) mass is 262 g/mol. The van der Waals surface area contributed by atoms with Crippen LogP contribution in [0.2, 0.25) is 0 Å². The van der Waals surface area contributed by atoms with Crippen molar-refractivity contribution in [1.82, 2.24) is 0 Å². The van der Waals surface area contributed by atoms with E-state index in [4.69, 9.17) is 15.3 Å². The molecule has 0 aliphatic heterocycles. The third-order valence-electron chi connectivity index (χ3n) is 1.02. The van der Waals surface area contributed by atoms with Crippen molar-refractivity contribution in [3.05, 3.63) is 12.7 Å². The molecule has 0 fully saturated rings. The fourth-order valence-corrected chi connectivity index (χ4v) is 0.336. The van der Waals surface area contributed by atoms with Crippen LogP contribution >= 0.6 is 0 Å². The van der Waals surface area contributed by atoms with Gasteiger partial charge in [-0.3, -0.25) is 4.79 Å². The summed E-state index contributed by atoms with van der Waals surface area (Å²) >= 11 is 0. The Labute approximate surface area is 122 Å². The van der Waals surface area contributed by atoms with Gasteiger partial charge in [-0.2, -0.15) is 0 Å². The topological polar surface area (TPSA) is 121 Å². The second kappa shape index (κ2) is 12.4. The molecular formula is C8H14CaO7. The van der Waals surface area contributed by atoms with Gasteiger partial charge in [0.25, 0.3) is 0 Å². The molecule has 0 heterocycles. The van der Waals surface area contributed by atoms with E-state index in [9.17, 15) is 14.4 Å². The number of carbonyl (C=O) groups excluding carboxylic acids is 1. The second-order valence-corrected chi connectivity index (χ2v) is 2.18. The standard InChI is InChI=1S/C4H6O5.C4H6O2.Ca.2H/c5-2(4(8)9)1-3(6)7;1-3-4(5)6-2;;;/h2,5H,1H2,(H,6,7)(H,8,9);3H,1H2,2H3;;;. The number of hydrogen-bond donors (Lipinski definition) is 3. The van der Waals surface area contributed by atoms with E-state index in [0.717, 1.165) is 6.08 Å². The zero-order valence-electron chi connectivity index (χ0n) is 8.04. The first-order chi connectivity index (χ1) is 6.84. The maximum atomic E-state index is 9.84. The number of aliphatic hydroxyl groups excluding tert-OH is 1. The van der Waals surface area contributed by atoms with Gasteiger partial charge in [0.15, 0.2) is 6.10 Å². The molecule has 0 aliphatic rings. The molecule has 8 heteroatoms. The predicted octanol–water partition coefficient (Wildman–Crippen LogP) is -1.66. The van der Waals surface area contributed by atoms with Gasteiger partial charge < -0.3 is 20.1 Å². The number of carbonyl (C=O) groups is 3. The molecule has 1 unspecified atom stereocenters. The molecule has 0 aromatic heterocycles. The van der Waals surface area contributed by atoms with Crippen LogP contribution in [0.4, 0.5) is 0 Å². The molecule has 16 heavy (non-hydrogen) atoms. The number of esters is 1. The van der Waals surface area contributed by atoms with Gasteiger partial charge in [0.1, 0.15) is 0 Å². The Morgan fingerprint density at radius 1 is 1.38 bits per heavy atom. The van der Waals surface area contributed by atoms with Crippen molar-refractivity contribution in [2.75, 3.05) is 7.11 Å². The summed E-state index contributed by atoms with van der Waals surface area (Å²) in [5.41, 5.74) is 0. The molecule has 1 atom stereocenters. The van der Waals surface area contributed by atoms with Crippen molar-refractivity contribution >= 4 is 55.6 Å². The number of rotatable bonds is 4. The summed E-state index contributed by atoms with van der Waals surface area (Å²) in [6, 6.07) is 0. The number of hydrogen-bond acceptors (Lipinski definition) is 5. The number of ether oxygens (including phenoxy) is 1. The predicted molar refractivity (Wildman–Crippen MR) is 56.7 cm³/mol. The number of aliphatic hydroxyl groups is 1. The average Bonchev–Trinajstić information content (AvgIpc) is 2.16. The normalized spacial score (nSPS) is 9.62. The van der Waals surface area contributed by atoms with E-state index in [1.807, 2.05) is 0 Å². The van der Waals surface area contributed by atoms with Gasteiger partial charge in [-0.25, -0.2) is 9.59 Å². The van der Waals surface area contributed by atoms with Crippen molar-refractivity contribution in [2.24, 2.45) is 0 Å². The van der Waals surface area contributed by atoms with Crippen molar-refractivity contribution in [2.45, 2.75) is 12.5 Å². The summed E-state index contributed by atoms with van der Waals surface area (Å²) in [4.78, 5) is 29.3. The van der Waals surface area contributed by atoms with Crippen molar-refractivity contribution in [3.8, 4) is 0 Å². The van der Waals surface area contributed by atoms with Crippen LogP contribution in [0.3, 0.4) is 0 Å². The molecule has 0 bridgehead atoms. The molecule has 0 rings (SSSR count). The summed E-state index contributed by atoms with van der Waals surface area (Å²) in [7, 11) is 1.31. The molecule has 0 aliphatic carbocycles. The summed E-state index contributed by atoms with van der Waals surface area (Å²) in [6.07, 6.45) is -1.43. The molecule has 0 saturated carbocycles. The van der Waals surface area contributed by atoms with Crippen LogP contribution in [0, 0.1) is 0 Å². The van der Waals surface area contributed by atoms with Gasteiger partial charge in [0, 0.05) is 6.08 Å². The molecule has 0 radical (unpaired) electrons. The van der Waals surface area contributed by atoms with E-state index in [0.29, 0.717) is 0 Å². The average molecular weight is 262 g/mol. The molecule has 90 valence electrons. The first-order valence-electron chi connectivity index (χ1n) is 3.68. The first kappa shape index (κ1) is 20.7. The fraction of sp³-hybridized carbons (Fsp3) is 0.375. The van der Waals surface area contributed by atoms with E-state index in [-0.39, 0.29) is 37.7 Å². The summed E-state index contributed by atoms with van der Waals surface area (Å²) in [5.74, 6) is -3.24. The Morgan fingerprint density at radius 2 is 1.81 bits per heavy atom. The number of methoxy groups -OCH3 is 1. The van der Waals surface area contributed by atoms with Crippen molar-refractivity contribution in [1.29, 1.82) is 0 Å². The van der Waals surface area contributed by atoms with Gasteiger partial charge >= 0.3 is 55.6 Å². The van der Waals surface area contributed by atoms with Crippen LogP contribution in [0.5, 0.6) is 0 Å². The van der Waals surface area contributed by atoms with E-state index in [1.165, 1.54) is 7.11 Å². The van der Waals surface area contributed by atoms with Gasteiger partial charge in [-0.15, -0.1) is 0 Å². The van der Waals surface area contributed by atoms with Gasteiger partial charge in [-0.1, -0.05) is 6.58 Å². The molecule has 7 nitrogen and oxygen atoms in total. The third-order valence-corrected chi connectivity index (χ3v) is 1.02. The molecule has 0 spiro atoms. The molecule has 0 aromatic rings. The molecule has 3 N–H and O–H groups in total. The van der Waals surface area contributed by atoms with Crippen LogP contribution in [0.1, 0.15) is 6.42 Å². The summed E-state index contributed by atoms with van der Waals surface area (Å²) in [5, 5.41) is 24.1. The Hall–Kier alpha value is -0.630. The molecular weight excluding hydrogens is 248 g/mol. The Morgan fingerprint density at radius 3 is 1.88 bits per heavy atom. The van der Waals surface area contributed by atoms with E-state index < -0.39 is 30.4 Å². The van der Waals surface area contributed by atoms with Gasteiger partial charge in [-0.05, 0) is 0 Å². The van der Waals surface area contributed by atoms with Gasteiger partial charge in [0.2, 0.25) is 0 Å². The fourth-order valence-electron chi connectivity index (χ4n) is 0.336. The Kier molecular flexibility index (Phi) is 16.1.